The maximum absolute atomic E-state index is 2.71. The van der Waals surface area contributed by atoms with Gasteiger partial charge in [-0.05, 0) is 77.2 Å². The van der Waals surface area contributed by atoms with Crippen LogP contribution in [0.15, 0.2) is 24.3 Å². The molecule has 2 saturated heterocycles. The Morgan fingerprint density at radius 2 is 1.71 bits per heavy atom. The van der Waals surface area contributed by atoms with Gasteiger partial charge in [-0.1, -0.05) is 24.3 Å². The van der Waals surface area contributed by atoms with E-state index in [1.165, 1.54) is 38.9 Å². The van der Waals surface area contributed by atoms with Gasteiger partial charge in [-0.3, -0.25) is 4.90 Å². The van der Waals surface area contributed by atoms with Crippen LogP contribution in [0.3, 0.4) is 0 Å². The first-order valence-electron chi connectivity index (χ1n) is 8.51. The van der Waals surface area contributed by atoms with Crippen LogP contribution in [0.1, 0.15) is 63.1 Å². The maximum Gasteiger partial charge on any atom is 0.0356 e. The highest BCUT2D eigenvalue weighted by atomic mass is 15.2. The monoisotopic (exact) mass is 286 g/mol. The lowest BCUT2D eigenvalue weighted by atomic mass is 9.88. The Morgan fingerprint density at radius 1 is 1.00 bits per heavy atom. The molecule has 116 valence electrons. The number of benzene rings is 1. The van der Waals surface area contributed by atoms with Gasteiger partial charge in [0.05, 0.1) is 0 Å². The molecule has 1 aromatic rings. The van der Waals surface area contributed by atoms with E-state index in [0.29, 0.717) is 6.04 Å². The summed E-state index contributed by atoms with van der Waals surface area (Å²) in [6.07, 6.45) is 3.97. The fraction of sp³-hybridized carbons (Fsp3) is 0.684. The van der Waals surface area contributed by atoms with Crippen LogP contribution in [0, 0.1) is 0 Å². The molecule has 0 radical (unpaired) electrons. The lowest BCUT2D eigenvalue weighted by Crippen LogP contribution is -2.41. The zero-order chi connectivity index (χ0) is 15.0. The highest BCUT2D eigenvalue weighted by Crippen LogP contribution is 2.41. The van der Waals surface area contributed by atoms with Gasteiger partial charge in [-0.2, -0.15) is 0 Å². The van der Waals surface area contributed by atoms with E-state index in [4.69, 9.17) is 0 Å². The Bertz CT molecular complexity index is 489. The fourth-order valence-electron chi connectivity index (χ4n) is 4.27. The number of hydrogen-bond donors (Lipinski definition) is 0. The first-order chi connectivity index (χ1) is 9.97. The van der Waals surface area contributed by atoms with Crippen LogP contribution >= 0.6 is 0 Å². The van der Waals surface area contributed by atoms with Crippen molar-refractivity contribution in [2.45, 2.75) is 57.5 Å². The van der Waals surface area contributed by atoms with E-state index in [2.05, 4.69) is 61.9 Å². The lowest BCUT2D eigenvalue weighted by molar-refractivity contribution is 0.121. The largest absolute Gasteiger partial charge is 0.306 e. The summed E-state index contributed by atoms with van der Waals surface area (Å²) in [6.45, 7) is 10.8. The Kier molecular flexibility index (Phi) is 4.11. The van der Waals surface area contributed by atoms with Crippen molar-refractivity contribution in [2.24, 2.45) is 0 Å². The molecule has 0 aliphatic carbocycles. The first kappa shape index (κ1) is 15.1. The van der Waals surface area contributed by atoms with E-state index < -0.39 is 0 Å². The fourth-order valence-corrected chi connectivity index (χ4v) is 4.27. The van der Waals surface area contributed by atoms with Crippen molar-refractivity contribution >= 4 is 0 Å². The molecule has 2 heterocycles. The summed E-state index contributed by atoms with van der Waals surface area (Å²) in [6, 6.07) is 9.86. The molecule has 0 amide bonds. The van der Waals surface area contributed by atoms with Crippen molar-refractivity contribution in [3.8, 4) is 0 Å². The second-order valence-corrected chi connectivity index (χ2v) is 7.90. The van der Waals surface area contributed by atoms with E-state index in [0.717, 1.165) is 5.92 Å². The van der Waals surface area contributed by atoms with Crippen molar-refractivity contribution in [1.82, 2.24) is 9.80 Å². The highest BCUT2D eigenvalue weighted by Gasteiger charge is 2.36. The Morgan fingerprint density at radius 3 is 2.33 bits per heavy atom. The van der Waals surface area contributed by atoms with E-state index in [-0.39, 0.29) is 5.54 Å². The van der Waals surface area contributed by atoms with Crippen LogP contribution in [0.5, 0.6) is 0 Å². The minimum Gasteiger partial charge on any atom is -0.306 e. The van der Waals surface area contributed by atoms with Gasteiger partial charge in [0.25, 0.3) is 0 Å². The van der Waals surface area contributed by atoms with Gasteiger partial charge in [0.15, 0.2) is 0 Å². The van der Waals surface area contributed by atoms with E-state index >= 15 is 0 Å². The maximum atomic E-state index is 2.71. The minimum atomic E-state index is 0.265. The number of likely N-dealkylation sites (N-methyl/N-ethyl adjacent to an activating group) is 1. The van der Waals surface area contributed by atoms with Crippen molar-refractivity contribution in [2.75, 3.05) is 26.7 Å². The first-order valence-corrected chi connectivity index (χ1v) is 8.51. The van der Waals surface area contributed by atoms with E-state index in [9.17, 15) is 0 Å². The molecule has 0 aromatic heterocycles. The third-order valence-corrected chi connectivity index (χ3v) is 5.30. The third-order valence-electron chi connectivity index (χ3n) is 5.30. The van der Waals surface area contributed by atoms with Crippen LogP contribution in [-0.4, -0.2) is 42.0 Å². The summed E-state index contributed by atoms with van der Waals surface area (Å²) in [4.78, 5) is 5.18. The van der Waals surface area contributed by atoms with Crippen LogP contribution in [0.4, 0.5) is 0 Å². The highest BCUT2D eigenvalue weighted by molar-refractivity contribution is 5.35. The van der Waals surface area contributed by atoms with E-state index in [1.54, 1.807) is 11.1 Å². The number of rotatable bonds is 2. The summed E-state index contributed by atoms with van der Waals surface area (Å²) in [7, 11) is 2.25. The molecule has 21 heavy (non-hydrogen) atoms. The van der Waals surface area contributed by atoms with Crippen molar-refractivity contribution in [3.63, 3.8) is 0 Å². The summed E-state index contributed by atoms with van der Waals surface area (Å²) >= 11 is 0. The second-order valence-electron chi connectivity index (χ2n) is 7.90. The summed E-state index contributed by atoms with van der Waals surface area (Å²) in [5, 5.41) is 0. The van der Waals surface area contributed by atoms with Crippen LogP contribution in [0.25, 0.3) is 0 Å². The van der Waals surface area contributed by atoms with Gasteiger partial charge in [0.1, 0.15) is 0 Å². The Hall–Kier alpha value is -0.860. The zero-order valence-electron chi connectivity index (χ0n) is 14.1. The number of nitrogens with zero attached hydrogens (tertiary/aromatic N) is 2. The average molecular weight is 286 g/mol. The normalized spacial score (nSPS) is 28.4. The SMILES string of the molecule is CN1CCC(c2ccccc2C2CCCN2C(C)(C)C)C1. The summed E-state index contributed by atoms with van der Waals surface area (Å²) < 4.78 is 0. The van der Waals surface area contributed by atoms with Crippen molar-refractivity contribution < 1.29 is 0 Å². The molecule has 3 rings (SSSR count). The number of likely N-dealkylation sites (tertiary alicyclic amines) is 2. The molecule has 0 spiro atoms. The Labute approximate surface area is 130 Å². The average Bonchev–Trinajstić information content (AvgIpc) is 3.06. The molecule has 2 fully saturated rings. The molecule has 2 atom stereocenters. The smallest absolute Gasteiger partial charge is 0.0356 e. The summed E-state index contributed by atoms with van der Waals surface area (Å²) in [5.41, 5.74) is 3.48. The molecule has 2 aliphatic heterocycles. The van der Waals surface area contributed by atoms with Crippen molar-refractivity contribution in [3.05, 3.63) is 35.4 Å². The van der Waals surface area contributed by atoms with Gasteiger partial charge in [0.2, 0.25) is 0 Å². The van der Waals surface area contributed by atoms with Crippen LogP contribution < -0.4 is 0 Å². The molecule has 2 heteroatoms. The predicted octanol–water partition coefficient (Wildman–Crippen LogP) is 4.04. The molecule has 2 aliphatic rings. The van der Waals surface area contributed by atoms with Gasteiger partial charge < -0.3 is 4.90 Å². The molecule has 0 N–H and O–H groups in total. The molecular formula is C19H30N2. The van der Waals surface area contributed by atoms with Crippen LogP contribution in [0.2, 0.25) is 0 Å². The van der Waals surface area contributed by atoms with Gasteiger partial charge >= 0.3 is 0 Å². The standard InChI is InChI=1S/C19H30N2/c1-19(2,3)21-12-7-10-18(21)17-9-6-5-8-16(17)15-11-13-20(4)14-15/h5-6,8-9,15,18H,7,10-14H2,1-4H3. The predicted molar refractivity (Wildman–Crippen MR) is 89.7 cm³/mol. The molecule has 2 nitrogen and oxygen atoms in total. The van der Waals surface area contributed by atoms with Crippen LogP contribution in [-0.2, 0) is 0 Å². The quantitative estimate of drug-likeness (QED) is 0.809. The molecule has 0 bridgehead atoms. The van der Waals surface area contributed by atoms with E-state index in [1.807, 2.05) is 0 Å². The van der Waals surface area contributed by atoms with Gasteiger partial charge in [0, 0.05) is 18.1 Å². The van der Waals surface area contributed by atoms with Gasteiger partial charge in [-0.25, -0.2) is 0 Å². The topological polar surface area (TPSA) is 6.48 Å². The Balaban J connectivity index is 1.92. The minimum absolute atomic E-state index is 0.265. The molecule has 1 aromatic carbocycles. The molecule has 2 unspecified atom stereocenters. The lowest BCUT2D eigenvalue weighted by Gasteiger charge is -2.38. The van der Waals surface area contributed by atoms with Crippen molar-refractivity contribution in [1.29, 1.82) is 0 Å². The summed E-state index contributed by atoms with van der Waals surface area (Å²) in [5.74, 6) is 0.730. The van der Waals surface area contributed by atoms with Gasteiger partial charge in [-0.15, -0.1) is 0 Å². The molecular weight excluding hydrogens is 256 g/mol. The second kappa shape index (κ2) is 5.73. The number of hydrogen-bond acceptors (Lipinski definition) is 2. The zero-order valence-corrected chi connectivity index (χ0v) is 14.1. The molecule has 0 saturated carbocycles. The third kappa shape index (κ3) is 3.02.